The Hall–Kier alpha value is -1.87. The van der Waals surface area contributed by atoms with Crippen LogP contribution >= 0.6 is 0 Å². The lowest BCUT2D eigenvalue weighted by Gasteiger charge is -2.19. The normalized spacial score (nSPS) is 11.3. The SMILES string of the molecule is C=C(C)C(=O)N(C=C(C)CC)CCOCc1ccccc1. The van der Waals surface area contributed by atoms with Gasteiger partial charge in [-0.25, -0.2) is 0 Å². The van der Waals surface area contributed by atoms with Gasteiger partial charge in [-0.15, -0.1) is 0 Å². The van der Waals surface area contributed by atoms with Crippen LogP contribution in [0.15, 0.2) is 54.3 Å². The van der Waals surface area contributed by atoms with Crippen molar-refractivity contribution in [2.45, 2.75) is 33.8 Å². The Kier molecular flexibility index (Phi) is 7.48. The van der Waals surface area contributed by atoms with Gasteiger partial charge in [-0.1, -0.05) is 49.4 Å². The molecule has 0 saturated heterocycles. The smallest absolute Gasteiger partial charge is 0.252 e. The number of carbonyl (C=O) groups excluding carboxylic acids is 1. The van der Waals surface area contributed by atoms with Crippen molar-refractivity contribution in [3.05, 3.63) is 59.8 Å². The van der Waals surface area contributed by atoms with E-state index in [2.05, 4.69) is 13.5 Å². The van der Waals surface area contributed by atoms with Gasteiger partial charge in [0.15, 0.2) is 0 Å². The highest BCUT2D eigenvalue weighted by Gasteiger charge is 2.11. The summed E-state index contributed by atoms with van der Waals surface area (Å²) in [6.45, 7) is 11.1. The molecule has 0 aromatic heterocycles. The third-order valence-electron chi connectivity index (χ3n) is 3.15. The molecule has 1 rings (SSSR count). The highest BCUT2D eigenvalue weighted by molar-refractivity contribution is 5.92. The molecule has 0 atom stereocenters. The van der Waals surface area contributed by atoms with Crippen LogP contribution in [0.1, 0.15) is 32.8 Å². The van der Waals surface area contributed by atoms with Crippen molar-refractivity contribution in [2.75, 3.05) is 13.2 Å². The molecule has 114 valence electrons. The van der Waals surface area contributed by atoms with Gasteiger partial charge >= 0.3 is 0 Å². The van der Waals surface area contributed by atoms with Crippen LogP contribution in [0.5, 0.6) is 0 Å². The van der Waals surface area contributed by atoms with E-state index in [-0.39, 0.29) is 5.91 Å². The zero-order valence-electron chi connectivity index (χ0n) is 13.3. The summed E-state index contributed by atoms with van der Waals surface area (Å²) in [5, 5.41) is 0. The average Bonchev–Trinajstić information content (AvgIpc) is 2.50. The number of benzene rings is 1. The average molecular weight is 287 g/mol. The minimum absolute atomic E-state index is 0.0499. The van der Waals surface area contributed by atoms with Crippen LogP contribution in [0.2, 0.25) is 0 Å². The quantitative estimate of drug-likeness (QED) is 0.535. The summed E-state index contributed by atoms with van der Waals surface area (Å²) in [5.74, 6) is -0.0499. The van der Waals surface area contributed by atoms with Crippen molar-refractivity contribution in [1.29, 1.82) is 0 Å². The zero-order valence-corrected chi connectivity index (χ0v) is 13.3. The van der Waals surface area contributed by atoms with Crippen LogP contribution < -0.4 is 0 Å². The molecular weight excluding hydrogens is 262 g/mol. The fourth-order valence-electron chi connectivity index (χ4n) is 1.75. The molecule has 1 aromatic carbocycles. The summed E-state index contributed by atoms with van der Waals surface area (Å²) < 4.78 is 5.64. The highest BCUT2D eigenvalue weighted by atomic mass is 16.5. The standard InChI is InChI=1S/C18H25NO2/c1-5-16(4)13-19(18(20)15(2)3)11-12-21-14-17-9-7-6-8-10-17/h6-10,13H,2,5,11-12,14H2,1,3-4H3. The van der Waals surface area contributed by atoms with E-state index in [9.17, 15) is 4.79 Å². The van der Waals surface area contributed by atoms with Gasteiger partial charge in [0.25, 0.3) is 5.91 Å². The Bertz CT molecular complexity index is 491. The van der Waals surface area contributed by atoms with Crippen molar-refractivity contribution in [3.63, 3.8) is 0 Å². The summed E-state index contributed by atoms with van der Waals surface area (Å²) in [7, 11) is 0. The largest absolute Gasteiger partial charge is 0.375 e. The van der Waals surface area contributed by atoms with E-state index >= 15 is 0 Å². The van der Waals surface area contributed by atoms with Crippen LogP contribution in [0.25, 0.3) is 0 Å². The molecule has 0 aliphatic carbocycles. The monoisotopic (exact) mass is 287 g/mol. The van der Waals surface area contributed by atoms with Gasteiger partial charge in [-0.3, -0.25) is 4.79 Å². The first-order chi connectivity index (χ1) is 10.0. The molecule has 0 unspecified atom stereocenters. The Morgan fingerprint density at radius 1 is 1.29 bits per heavy atom. The van der Waals surface area contributed by atoms with Crippen molar-refractivity contribution >= 4 is 5.91 Å². The lowest BCUT2D eigenvalue weighted by molar-refractivity contribution is -0.125. The van der Waals surface area contributed by atoms with E-state index in [4.69, 9.17) is 4.74 Å². The molecule has 0 spiro atoms. The molecular formula is C18H25NO2. The number of hydrogen-bond acceptors (Lipinski definition) is 2. The number of nitrogens with zero attached hydrogens (tertiary/aromatic N) is 1. The molecule has 3 nitrogen and oxygen atoms in total. The maximum atomic E-state index is 12.1. The van der Waals surface area contributed by atoms with Crippen molar-refractivity contribution in [2.24, 2.45) is 0 Å². The minimum Gasteiger partial charge on any atom is -0.375 e. The lowest BCUT2D eigenvalue weighted by atomic mass is 10.2. The number of ether oxygens (including phenoxy) is 1. The molecule has 0 fully saturated rings. The molecule has 21 heavy (non-hydrogen) atoms. The lowest BCUT2D eigenvalue weighted by Crippen LogP contribution is -2.30. The molecule has 0 radical (unpaired) electrons. The van der Waals surface area contributed by atoms with Crippen LogP contribution in [0.3, 0.4) is 0 Å². The van der Waals surface area contributed by atoms with E-state index in [0.717, 1.165) is 17.6 Å². The molecule has 0 saturated carbocycles. The summed E-state index contributed by atoms with van der Waals surface area (Å²) >= 11 is 0. The van der Waals surface area contributed by atoms with Crippen LogP contribution in [0.4, 0.5) is 0 Å². The van der Waals surface area contributed by atoms with E-state index in [1.54, 1.807) is 11.8 Å². The molecule has 0 aliphatic heterocycles. The predicted molar refractivity (Wildman–Crippen MR) is 86.7 cm³/mol. The zero-order chi connectivity index (χ0) is 15.7. The molecule has 1 amide bonds. The first kappa shape index (κ1) is 17.2. The number of rotatable bonds is 8. The Morgan fingerprint density at radius 2 is 1.95 bits per heavy atom. The van der Waals surface area contributed by atoms with Gasteiger partial charge in [0.05, 0.1) is 13.2 Å². The maximum Gasteiger partial charge on any atom is 0.252 e. The number of amides is 1. The number of allylic oxidation sites excluding steroid dienone is 1. The second-order valence-electron chi connectivity index (χ2n) is 5.15. The van der Waals surface area contributed by atoms with Gasteiger partial charge < -0.3 is 9.64 Å². The summed E-state index contributed by atoms with van der Waals surface area (Å²) in [6, 6.07) is 10.0. The second-order valence-corrected chi connectivity index (χ2v) is 5.15. The third-order valence-corrected chi connectivity index (χ3v) is 3.15. The van der Waals surface area contributed by atoms with Crippen molar-refractivity contribution < 1.29 is 9.53 Å². The van der Waals surface area contributed by atoms with E-state index in [1.165, 1.54) is 0 Å². The highest BCUT2D eigenvalue weighted by Crippen LogP contribution is 2.07. The molecule has 1 aromatic rings. The Morgan fingerprint density at radius 3 is 2.52 bits per heavy atom. The van der Waals surface area contributed by atoms with Gasteiger partial charge in [0, 0.05) is 18.3 Å². The molecule has 0 aliphatic rings. The Labute approximate surface area is 127 Å². The minimum atomic E-state index is -0.0499. The fraction of sp³-hybridized carbons (Fsp3) is 0.389. The van der Waals surface area contributed by atoms with E-state index in [1.807, 2.05) is 43.5 Å². The topological polar surface area (TPSA) is 29.5 Å². The first-order valence-corrected chi connectivity index (χ1v) is 7.30. The third kappa shape index (κ3) is 6.41. The van der Waals surface area contributed by atoms with E-state index in [0.29, 0.717) is 25.3 Å². The molecule has 0 bridgehead atoms. The van der Waals surface area contributed by atoms with Crippen LogP contribution in [0, 0.1) is 0 Å². The summed E-state index contributed by atoms with van der Waals surface area (Å²) in [4.78, 5) is 13.8. The van der Waals surface area contributed by atoms with Gasteiger partial charge in [0.1, 0.15) is 0 Å². The summed E-state index contributed by atoms with van der Waals surface area (Å²) in [5.41, 5.74) is 2.83. The van der Waals surface area contributed by atoms with Crippen molar-refractivity contribution in [1.82, 2.24) is 4.90 Å². The second kappa shape index (κ2) is 9.14. The van der Waals surface area contributed by atoms with Crippen LogP contribution in [-0.2, 0) is 16.1 Å². The van der Waals surface area contributed by atoms with Gasteiger partial charge in [0.2, 0.25) is 0 Å². The molecule has 0 N–H and O–H groups in total. The Balaban J connectivity index is 2.50. The van der Waals surface area contributed by atoms with Gasteiger partial charge in [-0.2, -0.15) is 0 Å². The van der Waals surface area contributed by atoms with Crippen LogP contribution in [-0.4, -0.2) is 24.0 Å². The van der Waals surface area contributed by atoms with Gasteiger partial charge in [-0.05, 0) is 25.8 Å². The fourth-order valence-corrected chi connectivity index (χ4v) is 1.75. The van der Waals surface area contributed by atoms with Crippen molar-refractivity contribution in [3.8, 4) is 0 Å². The van der Waals surface area contributed by atoms with E-state index < -0.39 is 0 Å². The molecule has 0 heterocycles. The predicted octanol–water partition coefficient (Wildman–Crippen LogP) is 3.92. The number of carbonyl (C=O) groups is 1. The summed E-state index contributed by atoms with van der Waals surface area (Å²) in [6.07, 6.45) is 2.81. The molecule has 3 heteroatoms. The number of hydrogen-bond donors (Lipinski definition) is 0. The first-order valence-electron chi connectivity index (χ1n) is 7.30. The maximum absolute atomic E-state index is 12.1.